The van der Waals surface area contributed by atoms with Gasteiger partial charge in [-0.15, -0.1) is 0 Å². The molecule has 6 heteroatoms. The molecule has 1 aliphatic rings. The molecule has 1 aromatic heterocycles. The van der Waals surface area contributed by atoms with E-state index in [1.54, 1.807) is 7.11 Å². The lowest BCUT2D eigenvalue weighted by atomic mass is 10.1. The summed E-state index contributed by atoms with van der Waals surface area (Å²) in [6, 6.07) is 16.9. The number of methoxy groups -OCH3 is 1. The van der Waals surface area contributed by atoms with Gasteiger partial charge in [0.1, 0.15) is 11.3 Å². The van der Waals surface area contributed by atoms with Crippen molar-refractivity contribution in [2.24, 2.45) is 0 Å². The van der Waals surface area contributed by atoms with Crippen LogP contribution < -0.4 is 0 Å². The van der Waals surface area contributed by atoms with Crippen molar-refractivity contribution in [3.63, 3.8) is 0 Å². The second-order valence-corrected chi connectivity index (χ2v) is 9.48. The maximum absolute atomic E-state index is 12.8. The topological polar surface area (TPSA) is 56.6 Å². The Hall–Kier alpha value is -2.86. The molecule has 3 aromatic rings. The average Bonchev–Trinajstić information content (AvgIpc) is 3.53. The van der Waals surface area contributed by atoms with Gasteiger partial charge in [0.2, 0.25) is 0 Å². The van der Waals surface area contributed by atoms with Crippen molar-refractivity contribution >= 4 is 17.0 Å². The third kappa shape index (κ3) is 5.30. The van der Waals surface area contributed by atoms with Crippen LogP contribution in [0.5, 0.6) is 0 Å². The number of aromatic nitrogens is 2. The molecule has 4 rings (SSSR count). The molecule has 1 amide bonds. The van der Waals surface area contributed by atoms with E-state index in [-0.39, 0.29) is 12.1 Å². The SMILES string of the molecule is COCCCn1nc(-c2ccccc2)c2ccc(CN(C(=O)OC(C)(C)C)C3CC3)cc21. The molecule has 0 unspecified atom stereocenters. The first kappa shape index (κ1) is 22.3. The summed E-state index contributed by atoms with van der Waals surface area (Å²) in [6.45, 7) is 7.73. The van der Waals surface area contributed by atoms with E-state index < -0.39 is 5.60 Å². The highest BCUT2D eigenvalue weighted by Gasteiger charge is 2.35. The van der Waals surface area contributed by atoms with Gasteiger partial charge < -0.3 is 14.4 Å². The molecule has 1 aliphatic carbocycles. The highest BCUT2D eigenvalue weighted by molar-refractivity contribution is 5.93. The van der Waals surface area contributed by atoms with Crippen molar-refractivity contribution in [2.45, 2.75) is 64.8 Å². The molecule has 32 heavy (non-hydrogen) atoms. The number of amides is 1. The Kier molecular flexibility index (Phi) is 6.51. The first-order valence-electron chi connectivity index (χ1n) is 11.4. The van der Waals surface area contributed by atoms with Gasteiger partial charge in [0.25, 0.3) is 0 Å². The number of nitrogens with zero attached hydrogens (tertiary/aromatic N) is 3. The van der Waals surface area contributed by atoms with Crippen molar-refractivity contribution in [2.75, 3.05) is 13.7 Å². The number of hydrogen-bond donors (Lipinski definition) is 0. The van der Waals surface area contributed by atoms with E-state index in [9.17, 15) is 4.79 Å². The van der Waals surface area contributed by atoms with Gasteiger partial charge in [-0.3, -0.25) is 4.68 Å². The number of carbonyl (C=O) groups is 1. The summed E-state index contributed by atoms with van der Waals surface area (Å²) in [4.78, 5) is 14.7. The van der Waals surface area contributed by atoms with E-state index in [1.807, 2.05) is 43.9 Å². The van der Waals surface area contributed by atoms with Gasteiger partial charge in [0.15, 0.2) is 0 Å². The monoisotopic (exact) mass is 435 g/mol. The highest BCUT2D eigenvalue weighted by Crippen LogP contribution is 2.32. The molecule has 1 fully saturated rings. The Bertz CT molecular complexity index is 1070. The molecule has 0 aliphatic heterocycles. The molecule has 0 atom stereocenters. The zero-order valence-electron chi connectivity index (χ0n) is 19.5. The minimum atomic E-state index is -0.501. The molecular formula is C26H33N3O3. The fourth-order valence-electron chi connectivity index (χ4n) is 3.90. The predicted molar refractivity (Wildman–Crippen MR) is 126 cm³/mol. The second kappa shape index (κ2) is 9.33. The van der Waals surface area contributed by atoms with Crippen LogP contribution in [0, 0.1) is 0 Å². The molecule has 1 saturated carbocycles. The summed E-state index contributed by atoms with van der Waals surface area (Å²) >= 11 is 0. The summed E-state index contributed by atoms with van der Waals surface area (Å²) in [7, 11) is 1.72. The Labute approximate surface area is 190 Å². The average molecular weight is 436 g/mol. The quantitative estimate of drug-likeness (QED) is 0.430. The van der Waals surface area contributed by atoms with Gasteiger partial charge in [-0.25, -0.2) is 4.79 Å². The maximum atomic E-state index is 12.8. The molecule has 2 aromatic carbocycles. The molecule has 170 valence electrons. The zero-order valence-corrected chi connectivity index (χ0v) is 19.5. The zero-order chi connectivity index (χ0) is 22.7. The Balaban J connectivity index is 1.65. The summed E-state index contributed by atoms with van der Waals surface area (Å²) in [6.07, 6.45) is 2.72. The van der Waals surface area contributed by atoms with Gasteiger partial charge in [0.05, 0.1) is 5.52 Å². The summed E-state index contributed by atoms with van der Waals surface area (Å²) in [5.41, 5.74) is 3.75. The van der Waals surface area contributed by atoms with Crippen LogP contribution in [0.1, 0.15) is 45.6 Å². The van der Waals surface area contributed by atoms with Crippen molar-refractivity contribution in [1.82, 2.24) is 14.7 Å². The van der Waals surface area contributed by atoms with Crippen LogP contribution >= 0.6 is 0 Å². The summed E-state index contributed by atoms with van der Waals surface area (Å²) < 4.78 is 13.0. The normalized spacial score (nSPS) is 14.0. The Morgan fingerprint density at radius 3 is 2.56 bits per heavy atom. The number of hydrogen-bond acceptors (Lipinski definition) is 4. The van der Waals surface area contributed by atoms with Crippen LogP contribution in [0.25, 0.3) is 22.2 Å². The lowest BCUT2D eigenvalue weighted by molar-refractivity contribution is 0.0217. The van der Waals surface area contributed by atoms with Crippen LogP contribution in [-0.4, -0.2) is 46.1 Å². The fraction of sp³-hybridized carbons (Fsp3) is 0.462. The minimum absolute atomic E-state index is 0.237. The maximum Gasteiger partial charge on any atom is 0.410 e. The van der Waals surface area contributed by atoms with Crippen molar-refractivity contribution < 1.29 is 14.3 Å². The smallest absolute Gasteiger partial charge is 0.410 e. The molecule has 0 saturated heterocycles. The van der Waals surface area contributed by atoms with Crippen LogP contribution in [0.4, 0.5) is 4.79 Å². The van der Waals surface area contributed by atoms with E-state index >= 15 is 0 Å². The molecule has 0 bridgehead atoms. The van der Waals surface area contributed by atoms with Gasteiger partial charge in [-0.2, -0.15) is 5.10 Å². The van der Waals surface area contributed by atoms with E-state index in [0.29, 0.717) is 13.2 Å². The summed E-state index contributed by atoms with van der Waals surface area (Å²) in [5, 5.41) is 6.06. The van der Waals surface area contributed by atoms with Crippen LogP contribution in [0.2, 0.25) is 0 Å². The number of aryl methyl sites for hydroxylation is 1. The van der Waals surface area contributed by atoms with E-state index in [4.69, 9.17) is 14.6 Å². The van der Waals surface area contributed by atoms with E-state index in [0.717, 1.165) is 53.5 Å². The first-order valence-corrected chi connectivity index (χ1v) is 11.4. The number of carbonyl (C=O) groups excluding carboxylic acids is 1. The molecule has 1 heterocycles. The molecule has 6 nitrogen and oxygen atoms in total. The first-order chi connectivity index (χ1) is 15.4. The van der Waals surface area contributed by atoms with E-state index in [2.05, 4.69) is 35.0 Å². The third-order valence-corrected chi connectivity index (χ3v) is 5.55. The lowest BCUT2D eigenvalue weighted by Crippen LogP contribution is -2.37. The summed E-state index contributed by atoms with van der Waals surface area (Å²) in [5.74, 6) is 0. The largest absolute Gasteiger partial charge is 0.444 e. The molecular weight excluding hydrogens is 402 g/mol. The minimum Gasteiger partial charge on any atom is -0.444 e. The van der Waals surface area contributed by atoms with E-state index in [1.165, 1.54) is 0 Å². The highest BCUT2D eigenvalue weighted by atomic mass is 16.6. The number of benzene rings is 2. The van der Waals surface area contributed by atoms with Crippen molar-refractivity contribution in [3.8, 4) is 11.3 Å². The van der Waals surface area contributed by atoms with Gasteiger partial charge in [0, 0.05) is 43.8 Å². The van der Waals surface area contributed by atoms with Gasteiger partial charge >= 0.3 is 6.09 Å². The van der Waals surface area contributed by atoms with Crippen molar-refractivity contribution in [1.29, 1.82) is 0 Å². The molecule has 0 spiro atoms. The third-order valence-electron chi connectivity index (χ3n) is 5.55. The number of rotatable bonds is 8. The number of fused-ring (bicyclic) bond motifs is 1. The lowest BCUT2D eigenvalue weighted by Gasteiger charge is -2.27. The predicted octanol–water partition coefficient (Wildman–Crippen LogP) is 5.64. The van der Waals surface area contributed by atoms with Gasteiger partial charge in [-0.05, 0) is 51.7 Å². The number of ether oxygens (including phenoxy) is 2. The van der Waals surface area contributed by atoms with Crippen LogP contribution in [0.3, 0.4) is 0 Å². The van der Waals surface area contributed by atoms with Crippen molar-refractivity contribution in [3.05, 3.63) is 54.1 Å². The molecule has 0 N–H and O–H groups in total. The second-order valence-electron chi connectivity index (χ2n) is 9.48. The van der Waals surface area contributed by atoms with Crippen LogP contribution in [-0.2, 0) is 22.6 Å². The Morgan fingerprint density at radius 1 is 1.16 bits per heavy atom. The van der Waals surface area contributed by atoms with Crippen LogP contribution in [0.15, 0.2) is 48.5 Å². The fourth-order valence-corrected chi connectivity index (χ4v) is 3.90. The molecule has 0 radical (unpaired) electrons. The Morgan fingerprint density at radius 2 is 1.91 bits per heavy atom. The standard InChI is InChI=1S/C26H33N3O3/c1-26(2,3)32-25(30)28(21-12-13-21)18-19-11-14-22-23(17-19)29(15-8-16-31-4)27-24(22)20-9-6-5-7-10-20/h5-7,9-11,14,17,21H,8,12-13,15-16,18H2,1-4H3. The van der Waals surface area contributed by atoms with Gasteiger partial charge in [-0.1, -0.05) is 42.5 Å².